The van der Waals surface area contributed by atoms with Crippen molar-refractivity contribution in [2.24, 2.45) is 11.7 Å². The number of nitrogens with two attached hydrogens (primary N) is 1. The summed E-state index contributed by atoms with van der Waals surface area (Å²) in [7, 11) is -3.41. The van der Waals surface area contributed by atoms with E-state index in [1.165, 1.54) is 0 Å². The predicted molar refractivity (Wildman–Crippen MR) is 71.5 cm³/mol. The van der Waals surface area contributed by atoms with Crippen LogP contribution < -0.4 is 5.73 Å². The molecule has 5 heteroatoms. The van der Waals surface area contributed by atoms with Gasteiger partial charge in [0.25, 0.3) is 0 Å². The molecular weight excluding hydrogens is 248 g/mol. The fourth-order valence-corrected chi connectivity index (χ4v) is 4.64. The zero-order valence-corrected chi connectivity index (χ0v) is 11.7. The van der Waals surface area contributed by atoms with Gasteiger partial charge in [-0.25, -0.2) is 8.42 Å². The third-order valence-electron chi connectivity index (χ3n) is 3.51. The molecule has 1 aromatic rings. The summed E-state index contributed by atoms with van der Waals surface area (Å²) in [5.74, 6) is 0.416. The van der Waals surface area contributed by atoms with Crippen LogP contribution in [-0.4, -0.2) is 25.3 Å². The Morgan fingerprint density at radius 3 is 2.56 bits per heavy atom. The molecule has 0 radical (unpaired) electrons. The zero-order valence-electron chi connectivity index (χ0n) is 10.8. The largest absolute Gasteiger partial charge is 0.326 e. The van der Waals surface area contributed by atoms with Gasteiger partial charge in [-0.15, -0.1) is 0 Å². The topological polar surface area (TPSA) is 63.4 Å². The van der Waals surface area contributed by atoms with E-state index < -0.39 is 10.0 Å². The minimum atomic E-state index is -3.41. The average molecular weight is 268 g/mol. The van der Waals surface area contributed by atoms with Gasteiger partial charge in [0.1, 0.15) is 0 Å². The number of rotatable bonds is 3. The van der Waals surface area contributed by atoms with Crippen LogP contribution in [0.1, 0.15) is 25.8 Å². The van der Waals surface area contributed by atoms with Gasteiger partial charge in [-0.3, -0.25) is 0 Å². The molecule has 1 aliphatic heterocycles. The summed E-state index contributed by atoms with van der Waals surface area (Å²) in [6, 6.07) is 7.05. The Balaban J connectivity index is 2.42. The van der Waals surface area contributed by atoms with E-state index in [1.54, 1.807) is 22.5 Å². The number of nitrogens with zero attached hydrogens (tertiary/aromatic N) is 1. The summed E-state index contributed by atoms with van der Waals surface area (Å²) in [6.45, 7) is 4.89. The third-order valence-corrected chi connectivity index (χ3v) is 5.59. The van der Waals surface area contributed by atoms with Crippen molar-refractivity contribution in [2.75, 3.05) is 6.54 Å². The number of hydrogen-bond donors (Lipinski definition) is 1. The van der Waals surface area contributed by atoms with Gasteiger partial charge in [0, 0.05) is 19.1 Å². The van der Waals surface area contributed by atoms with Crippen LogP contribution in [0, 0.1) is 5.92 Å². The second-order valence-corrected chi connectivity index (χ2v) is 6.94. The van der Waals surface area contributed by atoms with Gasteiger partial charge in [-0.2, -0.15) is 4.31 Å². The van der Waals surface area contributed by atoms with Gasteiger partial charge < -0.3 is 5.73 Å². The summed E-state index contributed by atoms with van der Waals surface area (Å²) in [5.41, 5.74) is 6.31. The van der Waals surface area contributed by atoms with Crippen LogP contribution in [0.15, 0.2) is 29.2 Å². The van der Waals surface area contributed by atoms with Gasteiger partial charge >= 0.3 is 0 Å². The SMILES string of the molecule is CC1CC(C)N(S(=O)(=O)c2ccccc2CN)C1. The Kier molecular flexibility index (Phi) is 3.75. The molecule has 4 nitrogen and oxygen atoms in total. The third kappa shape index (κ3) is 2.30. The lowest BCUT2D eigenvalue weighted by atomic mass is 10.1. The van der Waals surface area contributed by atoms with Crippen LogP contribution in [0.2, 0.25) is 0 Å². The van der Waals surface area contributed by atoms with E-state index in [-0.39, 0.29) is 12.6 Å². The smallest absolute Gasteiger partial charge is 0.243 e. The first-order valence-electron chi connectivity index (χ1n) is 6.26. The first-order valence-corrected chi connectivity index (χ1v) is 7.70. The molecule has 1 aromatic carbocycles. The molecule has 0 spiro atoms. The maximum atomic E-state index is 12.6. The van der Waals surface area contributed by atoms with E-state index in [0.29, 0.717) is 22.9 Å². The molecule has 1 fully saturated rings. The van der Waals surface area contributed by atoms with E-state index >= 15 is 0 Å². The average Bonchev–Trinajstić information content (AvgIpc) is 2.69. The van der Waals surface area contributed by atoms with Crippen LogP contribution in [0.4, 0.5) is 0 Å². The fraction of sp³-hybridized carbons (Fsp3) is 0.538. The predicted octanol–water partition coefficient (Wildman–Crippen LogP) is 1.56. The molecule has 2 N–H and O–H groups in total. The van der Waals surface area contributed by atoms with Crippen LogP contribution >= 0.6 is 0 Å². The molecule has 0 bridgehead atoms. The molecule has 0 saturated carbocycles. The molecule has 1 aliphatic rings. The van der Waals surface area contributed by atoms with E-state index in [9.17, 15) is 8.42 Å². The molecule has 2 atom stereocenters. The van der Waals surface area contributed by atoms with Crippen LogP contribution in [0.5, 0.6) is 0 Å². The van der Waals surface area contributed by atoms with E-state index in [0.717, 1.165) is 6.42 Å². The molecule has 0 amide bonds. The number of sulfonamides is 1. The van der Waals surface area contributed by atoms with Crippen LogP contribution in [0.3, 0.4) is 0 Å². The Morgan fingerprint density at radius 1 is 1.33 bits per heavy atom. The fourth-order valence-electron chi connectivity index (χ4n) is 2.65. The van der Waals surface area contributed by atoms with Crippen LogP contribution in [-0.2, 0) is 16.6 Å². The van der Waals surface area contributed by atoms with Crippen molar-refractivity contribution in [3.63, 3.8) is 0 Å². The maximum absolute atomic E-state index is 12.6. The summed E-state index contributed by atoms with van der Waals surface area (Å²) in [5, 5.41) is 0. The summed E-state index contributed by atoms with van der Waals surface area (Å²) >= 11 is 0. The number of hydrogen-bond acceptors (Lipinski definition) is 3. The zero-order chi connectivity index (χ0) is 13.3. The van der Waals surface area contributed by atoms with Gasteiger partial charge in [0.2, 0.25) is 10.0 Å². The van der Waals surface area contributed by atoms with E-state index in [4.69, 9.17) is 5.73 Å². The Labute approximate surface area is 109 Å². The highest BCUT2D eigenvalue weighted by Gasteiger charge is 2.36. The van der Waals surface area contributed by atoms with Crippen molar-refractivity contribution >= 4 is 10.0 Å². The molecule has 0 aromatic heterocycles. The quantitative estimate of drug-likeness (QED) is 0.905. The van der Waals surface area contributed by atoms with Gasteiger partial charge in [0.15, 0.2) is 0 Å². The van der Waals surface area contributed by atoms with E-state index in [1.807, 2.05) is 13.0 Å². The monoisotopic (exact) mass is 268 g/mol. The van der Waals surface area contributed by atoms with Crippen molar-refractivity contribution in [1.29, 1.82) is 0 Å². The number of benzene rings is 1. The highest BCUT2D eigenvalue weighted by molar-refractivity contribution is 7.89. The highest BCUT2D eigenvalue weighted by atomic mass is 32.2. The molecule has 2 unspecified atom stereocenters. The van der Waals surface area contributed by atoms with Crippen molar-refractivity contribution < 1.29 is 8.42 Å². The lowest BCUT2D eigenvalue weighted by molar-refractivity contribution is 0.405. The lowest BCUT2D eigenvalue weighted by Crippen LogP contribution is -2.34. The molecule has 1 saturated heterocycles. The van der Waals surface area contributed by atoms with E-state index in [2.05, 4.69) is 6.92 Å². The van der Waals surface area contributed by atoms with Crippen molar-refractivity contribution in [3.05, 3.63) is 29.8 Å². The molecular formula is C13H20N2O2S. The summed E-state index contributed by atoms with van der Waals surface area (Å²) < 4.78 is 26.9. The van der Waals surface area contributed by atoms with Gasteiger partial charge in [-0.1, -0.05) is 25.1 Å². The Hall–Kier alpha value is -0.910. The normalized spacial score (nSPS) is 25.5. The summed E-state index contributed by atoms with van der Waals surface area (Å²) in [4.78, 5) is 0.355. The maximum Gasteiger partial charge on any atom is 0.243 e. The lowest BCUT2D eigenvalue weighted by Gasteiger charge is -2.22. The van der Waals surface area contributed by atoms with Crippen molar-refractivity contribution in [1.82, 2.24) is 4.31 Å². The van der Waals surface area contributed by atoms with Crippen molar-refractivity contribution in [2.45, 2.75) is 37.8 Å². The first kappa shape index (κ1) is 13.5. The molecule has 18 heavy (non-hydrogen) atoms. The first-order chi connectivity index (χ1) is 8.46. The standard InChI is InChI=1S/C13H20N2O2S/c1-10-7-11(2)15(9-10)18(16,17)13-6-4-3-5-12(13)8-14/h3-6,10-11H,7-9,14H2,1-2H3. The summed E-state index contributed by atoms with van der Waals surface area (Å²) in [6.07, 6.45) is 0.921. The molecule has 0 aliphatic carbocycles. The highest BCUT2D eigenvalue weighted by Crippen LogP contribution is 2.30. The Bertz CT molecular complexity index is 528. The minimum absolute atomic E-state index is 0.0656. The van der Waals surface area contributed by atoms with Crippen LogP contribution in [0.25, 0.3) is 0 Å². The molecule has 100 valence electrons. The second-order valence-electron chi connectivity index (χ2n) is 5.08. The van der Waals surface area contributed by atoms with Crippen molar-refractivity contribution in [3.8, 4) is 0 Å². The van der Waals surface area contributed by atoms with Gasteiger partial charge in [-0.05, 0) is 30.9 Å². The minimum Gasteiger partial charge on any atom is -0.326 e. The molecule has 1 heterocycles. The molecule has 2 rings (SSSR count). The second kappa shape index (κ2) is 4.99. The Morgan fingerprint density at radius 2 is 2.00 bits per heavy atom. The van der Waals surface area contributed by atoms with Gasteiger partial charge in [0.05, 0.1) is 4.90 Å².